The first-order valence-corrected chi connectivity index (χ1v) is 6.18. The lowest BCUT2D eigenvalue weighted by molar-refractivity contribution is -0.138. The zero-order valence-corrected chi connectivity index (χ0v) is 11.5. The van der Waals surface area contributed by atoms with Crippen LogP contribution in [0.5, 0.6) is 5.88 Å². The highest BCUT2D eigenvalue weighted by molar-refractivity contribution is 5.48. The summed E-state index contributed by atoms with van der Waals surface area (Å²) in [5.74, 6) is 0.829. The first-order chi connectivity index (χ1) is 9.93. The maximum absolute atomic E-state index is 12.9. The van der Waals surface area contributed by atoms with Gasteiger partial charge in [0.15, 0.2) is 0 Å². The number of methoxy groups -OCH3 is 1. The molecule has 7 heteroatoms. The van der Waals surface area contributed by atoms with E-state index in [0.717, 1.165) is 6.07 Å². The number of nitrogens with zero attached hydrogens (tertiary/aromatic N) is 2. The summed E-state index contributed by atoms with van der Waals surface area (Å²) in [6.07, 6.45) is -3.08. The van der Waals surface area contributed by atoms with Crippen molar-refractivity contribution in [3.05, 3.63) is 47.3 Å². The first-order valence-electron chi connectivity index (χ1n) is 6.18. The summed E-state index contributed by atoms with van der Waals surface area (Å²) in [6.45, 7) is 1.74. The van der Waals surface area contributed by atoms with Gasteiger partial charge in [0.05, 0.1) is 18.2 Å². The number of ether oxygens (including phenoxy) is 1. The molecule has 0 spiro atoms. The Hall–Kier alpha value is -2.31. The third kappa shape index (κ3) is 3.42. The summed E-state index contributed by atoms with van der Waals surface area (Å²) in [7, 11) is 1.47. The Morgan fingerprint density at radius 2 is 1.90 bits per heavy atom. The first kappa shape index (κ1) is 15.1. The van der Waals surface area contributed by atoms with E-state index in [1.807, 2.05) is 0 Å². The van der Waals surface area contributed by atoms with Crippen molar-refractivity contribution >= 4 is 5.82 Å². The van der Waals surface area contributed by atoms with Gasteiger partial charge >= 0.3 is 6.18 Å². The molecule has 0 radical (unpaired) electrons. The Morgan fingerprint density at radius 1 is 1.19 bits per heavy atom. The number of alkyl halides is 3. The van der Waals surface area contributed by atoms with Crippen molar-refractivity contribution in [1.82, 2.24) is 9.97 Å². The van der Waals surface area contributed by atoms with Crippen LogP contribution in [0.15, 0.2) is 30.6 Å². The fourth-order valence-electron chi connectivity index (χ4n) is 1.95. The van der Waals surface area contributed by atoms with Crippen LogP contribution in [0.1, 0.15) is 16.7 Å². The highest BCUT2D eigenvalue weighted by atomic mass is 19.4. The molecule has 1 N–H and O–H groups in total. The number of rotatable bonds is 4. The molecule has 1 aromatic heterocycles. The van der Waals surface area contributed by atoms with E-state index in [2.05, 4.69) is 15.3 Å². The van der Waals surface area contributed by atoms with E-state index in [9.17, 15) is 13.2 Å². The van der Waals surface area contributed by atoms with E-state index in [0.29, 0.717) is 17.3 Å². The van der Waals surface area contributed by atoms with Crippen molar-refractivity contribution in [2.75, 3.05) is 12.4 Å². The second kappa shape index (κ2) is 5.99. The molecule has 0 bridgehead atoms. The Bertz CT molecular complexity index is 629. The van der Waals surface area contributed by atoms with E-state index in [-0.39, 0.29) is 12.1 Å². The van der Waals surface area contributed by atoms with Crippen LogP contribution in [0.4, 0.5) is 19.0 Å². The minimum atomic E-state index is -4.38. The Labute approximate surface area is 120 Å². The van der Waals surface area contributed by atoms with Crippen LogP contribution in [0.3, 0.4) is 0 Å². The lowest BCUT2D eigenvalue weighted by atomic mass is 10.1. The van der Waals surface area contributed by atoms with Crippen molar-refractivity contribution in [2.45, 2.75) is 19.6 Å². The molecular weight excluding hydrogens is 283 g/mol. The number of nitrogens with one attached hydrogen (secondary N) is 1. The van der Waals surface area contributed by atoms with Gasteiger partial charge in [-0.05, 0) is 18.6 Å². The zero-order chi connectivity index (χ0) is 15.5. The third-order valence-electron chi connectivity index (χ3n) is 3.00. The molecule has 4 nitrogen and oxygen atoms in total. The van der Waals surface area contributed by atoms with Crippen molar-refractivity contribution < 1.29 is 17.9 Å². The summed E-state index contributed by atoms with van der Waals surface area (Å²) in [5, 5.41) is 2.89. The summed E-state index contributed by atoms with van der Waals surface area (Å²) >= 11 is 0. The molecule has 0 aliphatic rings. The standard InChI is InChI=1S/C14H14F3N3O/c1-9-12(19-8-20-13(9)21-2)18-7-10-5-3-4-6-11(10)14(15,16)17/h3-6,8H,7H2,1-2H3,(H,18,19,20). The molecular formula is C14H14F3N3O. The minimum absolute atomic E-state index is 0.0106. The van der Waals surface area contributed by atoms with Crippen LogP contribution in [-0.4, -0.2) is 17.1 Å². The van der Waals surface area contributed by atoms with Crippen molar-refractivity contribution in [1.29, 1.82) is 0 Å². The molecule has 112 valence electrons. The van der Waals surface area contributed by atoms with Crippen molar-refractivity contribution in [2.24, 2.45) is 0 Å². The average Bonchev–Trinajstić information content (AvgIpc) is 2.45. The molecule has 0 unspecified atom stereocenters. The van der Waals surface area contributed by atoms with Gasteiger partial charge in [0.2, 0.25) is 5.88 Å². The monoisotopic (exact) mass is 297 g/mol. The van der Waals surface area contributed by atoms with Crippen LogP contribution in [0.25, 0.3) is 0 Å². The summed E-state index contributed by atoms with van der Waals surface area (Å²) in [6, 6.07) is 5.43. The summed E-state index contributed by atoms with van der Waals surface area (Å²) in [4.78, 5) is 7.93. The number of halogens is 3. The molecule has 0 saturated carbocycles. The predicted octanol–water partition coefficient (Wildman–Crippen LogP) is 3.42. The van der Waals surface area contributed by atoms with Crippen LogP contribution in [0, 0.1) is 6.92 Å². The number of hydrogen-bond acceptors (Lipinski definition) is 4. The molecule has 0 aliphatic carbocycles. The Kier molecular flexibility index (Phi) is 4.30. The zero-order valence-electron chi connectivity index (χ0n) is 11.5. The second-order valence-electron chi connectivity index (χ2n) is 4.37. The minimum Gasteiger partial charge on any atom is -0.481 e. The van der Waals surface area contributed by atoms with Gasteiger partial charge in [0.25, 0.3) is 0 Å². The van der Waals surface area contributed by atoms with Gasteiger partial charge in [0.1, 0.15) is 12.1 Å². The van der Waals surface area contributed by atoms with Gasteiger partial charge in [-0.15, -0.1) is 0 Å². The van der Waals surface area contributed by atoms with Gasteiger partial charge in [0, 0.05) is 6.54 Å². The predicted molar refractivity (Wildman–Crippen MR) is 72.1 cm³/mol. The van der Waals surface area contributed by atoms with E-state index >= 15 is 0 Å². The molecule has 1 heterocycles. The number of anilines is 1. The SMILES string of the molecule is COc1ncnc(NCc2ccccc2C(F)(F)F)c1C. The highest BCUT2D eigenvalue weighted by Gasteiger charge is 2.32. The molecule has 0 amide bonds. The van der Waals surface area contributed by atoms with E-state index < -0.39 is 11.7 Å². The number of aromatic nitrogens is 2. The topological polar surface area (TPSA) is 47.0 Å². The molecule has 2 aromatic rings. The molecule has 0 fully saturated rings. The lowest BCUT2D eigenvalue weighted by Gasteiger charge is -2.14. The average molecular weight is 297 g/mol. The fourth-order valence-corrected chi connectivity index (χ4v) is 1.95. The van der Waals surface area contributed by atoms with Crippen LogP contribution in [-0.2, 0) is 12.7 Å². The third-order valence-corrected chi connectivity index (χ3v) is 3.00. The highest BCUT2D eigenvalue weighted by Crippen LogP contribution is 2.32. The van der Waals surface area contributed by atoms with Crippen molar-refractivity contribution in [3.63, 3.8) is 0 Å². The van der Waals surface area contributed by atoms with Gasteiger partial charge in [-0.25, -0.2) is 9.97 Å². The van der Waals surface area contributed by atoms with E-state index in [1.165, 1.54) is 25.6 Å². The van der Waals surface area contributed by atoms with Crippen LogP contribution in [0.2, 0.25) is 0 Å². The molecule has 0 saturated heterocycles. The van der Waals surface area contributed by atoms with Crippen LogP contribution < -0.4 is 10.1 Å². The smallest absolute Gasteiger partial charge is 0.416 e. The summed E-state index contributed by atoms with van der Waals surface area (Å²) < 4.78 is 43.7. The Morgan fingerprint density at radius 3 is 2.57 bits per heavy atom. The van der Waals surface area contributed by atoms with Gasteiger partial charge in [-0.3, -0.25) is 0 Å². The van der Waals surface area contributed by atoms with Crippen LogP contribution >= 0.6 is 0 Å². The molecule has 0 atom stereocenters. The van der Waals surface area contributed by atoms with E-state index in [1.54, 1.807) is 13.0 Å². The maximum atomic E-state index is 12.9. The largest absolute Gasteiger partial charge is 0.481 e. The second-order valence-corrected chi connectivity index (χ2v) is 4.37. The van der Waals surface area contributed by atoms with Crippen molar-refractivity contribution in [3.8, 4) is 5.88 Å². The molecule has 1 aromatic carbocycles. The quantitative estimate of drug-likeness (QED) is 0.939. The maximum Gasteiger partial charge on any atom is 0.416 e. The number of benzene rings is 1. The van der Waals surface area contributed by atoms with Gasteiger partial charge < -0.3 is 10.1 Å². The summed E-state index contributed by atoms with van der Waals surface area (Å²) in [5.41, 5.74) is 0.141. The van der Waals surface area contributed by atoms with E-state index in [4.69, 9.17) is 4.74 Å². The number of hydrogen-bond donors (Lipinski definition) is 1. The molecule has 21 heavy (non-hydrogen) atoms. The van der Waals surface area contributed by atoms with Gasteiger partial charge in [-0.1, -0.05) is 18.2 Å². The van der Waals surface area contributed by atoms with Gasteiger partial charge in [-0.2, -0.15) is 13.2 Å². The molecule has 0 aliphatic heterocycles. The lowest BCUT2D eigenvalue weighted by Crippen LogP contribution is -2.12. The molecule has 2 rings (SSSR count). The Balaban J connectivity index is 2.22. The normalized spacial score (nSPS) is 11.3. The fraction of sp³-hybridized carbons (Fsp3) is 0.286.